The van der Waals surface area contributed by atoms with E-state index in [4.69, 9.17) is 15.7 Å². The Kier molecular flexibility index (Phi) is 4.91. The van der Waals surface area contributed by atoms with Crippen molar-refractivity contribution in [3.8, 4) is 0 Å². The van der Waals surface area contributed by atoms with Crippen molar-refractivity contribution in [2.45, 2.75) is 19.9 Å². The van der Waals surface area contributed by atoms with Crippen molar-refractivity contribution in [1.29, 1.82) is 0 Å². The number of anilines is 1. The molecule has 0 bridgehead atoms. The highest BCUT2D eigenvalue weighted by Gasteiger charge is 2.17. The first-order valence-corrected chi connectivity index (χ1v) is 5.68. The van der Waals surface area contributed by atoms with Crippen molar-refractivity contribution in [3.05, 3.63) is 23.4 Å². The summed E-state index contributed by atoms with van der Waals surface area (Å²) in [6.45, 7) is 4.49. The summed E-state index contributed by atoms with van der Waals surface area (Å²) in [6.07, 6.45) is 0. The topological polar surface area (TPSA) is 84.0 Å². The van der Waals surface area contributed by atoms with Crippen LogP contribution in [0, 0.1) is 6.92 Å². The van der Waals surface area contributed by atoms with E-state index in [0.717, 1.165) is 5.69 Å². The lowest BCUT2D eigenvalue weighted by molar-refractivity contribution is 0.183. The summed E-state index contributed by atoms with van der Waals surface area (Å²) in [6, 6.07) is 3.75. The number of likely N-dealkylation sites (N-methyl/N-ethyl adjacent to an activating group) is 1. The molecule has 3 N–H and O–H groups in total. The van der Waals surface area contributed by atoms with Crippen LogP contribution in [0.2, 0.25) is 0 Å². The van der Waals surface area contributed by atoms with Gasteiger partial charge in [-0.25, -0.2) is 4.98 Å². The standard InChI is InChI=1S/C12H20N4O2/c1-8-5-6-10(11(13)15-17)12(14-8)16(3)9(2)7-18-4/h5-6,9,17H,7H2,1-4H3,(H2,13,15). The molecule has 6 nitrogen and oxygen atoms in total. The Morgan fingerprint density at radius 1 is 1.61 bits per heavy atom. The molecule has 1 heterocycles. The van der Waals surface area contributed by atoms with Crippen LogP contribution in [0.25, 0.3) is 0 Å². The summed E-state index contributed by atoms with van der Waals surface area (Å²) in [5.74, 6) is 0.726. The maximum absolute atomic E-state index is 8.80. The lowest BCUT2D eigenvalue weighted by Crippen LogP contribution is -2.35. The maximum atomic E-state index is 8.80. The van der Waals surface area contributed by atoms with Gasteiger partial charge in [0.2, 0.25) is 0 Å². The molecule has 0 aromatic carbocycles. The summed E-state index contributed by atoms with van der Waals surface area (Å²) in [4.78, 5) is 6.39. The van der Waals surface area contributed by atoms with Crippen LogP contribution in [0.3, 0.4) is 0 Å². The number of methoxy groups -OCH3 is 1. The van der Waals surface area contributed by atoms with Crippen LogP contribution >= 0.6 is 0 Å². The number of pyridine rings is 1. The van der Waals surface area contributed by atoms with E-state index in [1.165, 1.54) is 0 Å². The number of rotatable bonds is 5. The molecular weight excluding hydrogens is 232 g/mol. The largest absolute Gasteiger partial charge is 0.409 e. The van der Waals surface area contributed by atoms with E-state index in [-0.39, 0.29) is 11.9 Å². The Morgan fingerprint density at radius 2 is 2.28 bits per heavy atom. The van der Waals surface area contributed by atoms with Gasteiger partial charge in [-0.2, -0.15) is 0 Å². The molecule has 1 rings (SSSR count). The summed E-state index contributed by atoms with van der Waals surface area (Å²) in [5, 5.41) is 11.8. The van der Waals surface area contributed by atoms with Crippen LogP contribution in [0.1, 0.15) is 18.2 Å². The van der Waals surface area contributed by atoms with Crippen LogP contribution in [0.4, 0.5) is 5.82 Å². The number of amidine groups is 1. The van der Waals surface area contributed by atoms with E-state index in [0.29, 0.717) is 18.0 Å². The van der Waals surface area contributed by atoms with Gasteiger partial charge in [-0.1, -0.05) is 5.16 Å². The third kappa shape index (κ3) is 3.10. The van der Waals surface area contributed by atoms with Crippen molar-refractivity contribution in [1.82, 2.24) is 4.98 Å². The molecule has 0 radical (unpaired) electrons. The fourth-order valence-electron chi connectivity index (χ4n) is 1.63. The number of oxime groups is 1. The van der Waals surface area contributed by atoms with E-state index in [1.807, 2.05) is 31.9 Å². The van der Waals surface area contributed by atoms with E-state index >= 15 is 0 Å². The summed E-state index contributed by atoms with van der Waals surface area (Å²) < 4.78 is 5.12. The fraction of sp³-hybridized carbons (Fsp3) is 0.500. The fourth-order valence-corrected chi connectivity index (χ4v) is 1.63. The van der Waals surface area contributed by atoms with Gasteiger partial charge in [0, 0.05) is 19.9 Å². The zero-order chi connectivity index (χ0) is 13.7. The predicted molar refractivity (Wildman–Crippen MR) is 71.2 cm³/mol. The Bertz CT molecular complexity index is 434. The van der Waals surface area contributed by atoms with E-state index in [9.17, 15) is 0 Å². The second kappa shape index (κ2) is 6.20. The number of hydrogen-bond acceptors (Lipinski definition) is 5. The minimum Gasteiger partial charge on any atom is -0.409 e. The van der Waals surface area contributed by atoms with Crippen LogP contribution in [0.15, 0.2) is 17.3 Å². The van der Waals surface area contributed by atoms with Crippen molar-refractivity contribution in [3.63, 3.8) is 0 Å². The van der Waals surface area contributed by atoms with E-state index in [2.05, 4.69) is 10.1 Å². The Balaban J connectivity index is 3.16. The zero-order valence-electron chi connectivity index (χ0n) is 11.2. The third-order valence-corrected chi connectivity index (χ3v) is 2.80. The molecule has 0 amide bonds. The summed E-state index contributed by atoms with van der Waals surface area (Å²) in [5.41, 5.74) is 7.14. The number of nitrogens with two attached hydrogens (primary N) is 1. The molecule has 0 spiro atoms. The van der Waals surface area contributed by atoms with E-state index < -0.39 is 0 Å². The molecule has 0 fully saturated rings. The summed E-state index contributed by atoms with van der Waals surface area (Å²) >= 11 is 0. The first kappa shape index (κ1) is 14.2. The number of nitrogens with zero attached hydrogens (tertiary/aromatic N) is 3. The lowest BCUT2D eigenvalue weighted by Gasteiger charge is -2.27. The monoisotopic (exact) mass is 252 g/mol. The number of hydrogen-bond donors (Lipinski definition) is 2. The normalized spacial score (nSPS) is 13.4. The minimum absolute atomic E-state index is 0.0500. The molecule has 100 valence electrons. The molecule has 18 heavy (non-hydrogen) atoms. The molecule has 6 heteroatoms. The Labute approximate surface area is 107 Å². The molecule has 1 unspecified atom stereocenters. The maximum Gasteiger partial charge on any atom is 0.173 e. The average Bonchev–Trinajstić information content (AvgIpc) is 2.37. The average molecular weight is 252 g/mol. The molecule has 0 saturated heterocycles. The molecule has 1 atom stereocenters. The highest BCUT2D eigenvalue weighted by molar-refractivity contribution is 6.01. The highest BCUT2D eigenvalue weighted by atomic mass is 16.5. The van der Waals surface area contributed by atoms with E-state index in [1.54, 1.807) is 13.2 Å². The lowest BCUT2D eigenvalue weighted by atomic mass is 10.2. The van der Waals surface area contributed by atoms with Crippen LogP contribution in [-0.4, -0.2) is 42.8 Å². The van der Waals surface area contributed by atoms with Gasteiger partial charge >= 0.3 is 0 Å². The van der Waals surface area contributed by atoms with Gasteiger partial charge in [-0.3, -0.25) is 0 Å². The van der Waals surface area contributed by atoms with Gasteiger partial charge in [0.05, 0.1) is 18.2 Å². The second-order valence-electron chi connectivity index (χ2n) is 4.22. The van der Waals surface area contributed by atoms with Crippen molar-refractivity contribution in [2.75, 3.05) is 25.7 Å². The number of aromatic nitrogens is 1. The zero-order valence-corrected chi connectivity index (χ0v) is 11.2. The molecule has 0 aliphatic rings. The highest BCUT2D eigenvalue weighted by Crippen LogP contribution is 2.19. The minimum atomic E-state index is 0.0500. The van der Waals surface area contributed by atoms with Crippen molar-refractivity contribution >= 4 is 11.7 Å². The van der Waals surface area contributed by atoms with Gasteiger partial charge in [0.15, 0.2) is 5.84 Å². The van der Waals surface area contributed by atoms with Gasteiger partial charge < -0.3 is 20.6 Å². The molecule has 0 aliphatic carbocycles. The quantitative estimate of drug-likeness (QED) is 0.353. The van der Waals surface area contributed by atoms with Gasteiger partial charge in [0.1, 0.15) is 5.82 Å². The molecule has 0 saturated carbocycles. The number of ether oxygens (including phenoxy) is 1. The molecule has 1 aromatic heterocycles. The Hall–Kier alpha value is -1.82. The van der Waals surface area contributed by atoms with Crippen LogP contribution in [-0.2, 0) is 4.74 Å². The van der Waals surface area contributed by atoms with Crippen LogP contribution < -0.4 is 10.6 Å². The molecular formula is C12H20N4O2. The first-order valence-electron chi connectivity index (χ1n) is 5.68. The SMILES string of the molecule is COCC(C)N(C)c1nc(C)ccc1C(N)=NO. The predicted octanol–water partition coefficient (Wildman–Crippen LogP) is 0.956. The van der Waals surface area contributed by atoms with Crippen molar-refractivity contribution in [2.24, 2.45) is 10.9 Å². The van der Waals surface area contributed by atoms with Gasteiger partial charge in [-0.05, 0) is 26.0 Å². The van der Waals surface area contributed by atoms with Crippen LogP contribution in [0.5, 0.6) is 0 Å². The molecule has 0 aliphatic heterocycles. The van der Waals surface area contributed by atoms with Gasteiger partial charge in [-0.15, -0.1) is 0 Å². The van der Waals surface area contributed by atoms with Gasteiger partial charge in [0.25, 0.3) is 0 Å². The first-order chi connectivity index (χ1) is 8.51. The summed E-state index contributed by atoms with van der Waals surface area (Å²) in [7, 11) is 3.55. The number of aryl methyl sites for hydroxylation is 1. The molecule has 1 aromatic rings. The Morgan fingerprint density at radius 3 is 2.83 bits per heavy atom. The van der Waals surface area contributed by atoms with Crippen molar-refractivity contribution < 1.29 is 9.94 Å². The third-order valence-electron chi connectivity index (χ3n) is 2.80. The smallest absolute Gasteiger partial charge is 0.173 e. The second-order valence-corrected chi connectivity index (χ2v) is 4.22.